The minimum atomic E-state index is -0.0781. The lowest BCUT2D eigenvalue weighted by Crippen LogP contribution is -2.47. The van der Waals surface area contributed by atoms with E-state index in [1.54, 1.807) is 6.07 Å². The van der Waals surface area contributed by atoms with Gasteiger partial charge in [0.15, 0.2) is 0 Å². The van der Waals surface area contributed by atoms with Crippen LogP contribution < -0.4 is 4.90 Å². The van der Waals surface area contributed by atoms with E-state index in [0.29, 0.717) is 0 Å². The Bertz CT molecular complexity index is 421. The molecular formula is C15H21FN2. The van der Waals surface area contributed by atoms with Crippen molar-refractivity contribution in [3.05, 3.63) is 29.6 Å². The molecule has 1 aromatic carbocycles. The molecular weight excluding hydrogens is 227 g/mol. The number of nitrogens with zero attached hydrogens (tertiary/aromatic N) is 2. The van der Waals surface area contributed by atoms with Gasteiger partial charge in [-0.25, -0.2) is 4.39 Å². The Kier molecular flexibility index (Phi) is 3.25. The Balaban J connectivity index is 1.60. The zero-order valence-electron chi connectivity index (χ0n) is 11.0. The maximum absolute atomic E-state index is 13.9. The van der Waals surface area contributed by atoms with Crippen molar-refractivity contribution in [1.29, 1.82) is 0 Å². The van der Waals surface area contributed by atoms with Crippen LogP contribution in [0.25, 0.3) is 0 Å². The summed E-state index contributed by atoms with van der Waals surface area (Å²) in [6.45, 7) is 7.23. The average Bonchev–Trinajstić information content (AvgIpc) is 3.15. The molecule has 0 radical (unpaired) electrons. The van der Waals surface area contributed by atoms with Crippen LogP contribution in [-0.4, -0.2) is 37.6 Å². The van der Waals surface area contributed by atoms with E-state index in [9.17, 15) is 4.39 Å². The van der Waals surface area contributed by atoms with Crippen LogP contribution in [-0.2, 0) is 0 Å². The summed E-state index contributed by atoms with van der Waals surface area (Å²) in [6, 6.07) is 5.54. The van der Waals surface area contributed by atoms with Crippen LogP contribution in [0.15, 0.2) is 18.2 Å². The Hall–Kier alpha value is -1.09. The number of halogens is 1. The molecule has 3 heteroatoms. The summed E-state index contributed by atoms with van der Waals surface area (Å²) in [5, 5.41) is 0. The molecule has 0 amide bonds. The molecule has 1 heterocycles. The van der Waals surface area contributed by atoms with Crippen LogP contribution >= 0.6 is 0 Å². The number of benzene rings is 1. The van der Waals surface area contributed by atoms with Crippen molar-refractivity contribution in [3.63, 3.8) is 0 Å². The minimum absolute atomic E-state index is 0.0781. The lowest BCUT2D eigenvalue weighted by molar-refractivity contribution is 0.247. The fraction of sp³-hybridized carbons (Fsp3) is 0.600. The van der Waals surface area contributed by atoms with Crippen molar-refractivity contribution in [1.82, 2.24) is 4.90 Å². The van der Waals surface area contributed by atoms with Gasteiger partial charge in [0.25, 0.3) is 0 Å². The molecule has 18 heavy (non-hydrogen) atoms. The van der Waals surface area contributed by atoms with Gasteiger partial charge >= 0.3 is 0 Å². The van der Waals surface area contributed by atoms with Gasteiger partial charge in [-0.05, 0) is 43.4 Å². The average molecular weight is 248 g/mol. The second-order valence-corrected chi connectivity index (χ2v) is 5.69. The summed E-state index contributed by atoms with van der Waals surface area (Å²) in [6.07, 6.45) is 2.82. The molecule has 0 unspecified atom stereocenters. The zero-order valence-corrected chi connectivity index (χ0v) is 11.0. The van der Waals surface area contributed by atoms with Gasteiger partial charge in [-0.3, -0.25) is 4.90 Å². The molecule has 1 aromatic rings. The zero-order chi connectivity index (χ0) is 12.5. The Morgan fingerprint density at radius 3 is 2.50 bits per heavy atom. The predicted octanol–water partition coefficient (Wildman–Crippen LogP) is 2.67. The van der Waals surface area contributed by atoms with E-state index < -0.39 is 0 Å². The number of hydrogen-bond donors (Lipinski definition) is 0. The van der Waals surface area contributed by atoms with Crippen LogP contribution in [0.4, 0.5) is 10.1 Å². The predicted molar refractivity (Wildman–Crippen MR) is 72.5 cm³/mol. The smallest absolute Gasteiger partial charge is 0.146 e. The van der Waals surface area contributed by atoms with E-state index in [2.05, 4.69) is 9.80 Å². The number of anilines is 1. The first-order valence-corrected chi connectivity index (χ1v) is 6.96. The second kappa shape index (κ2) is 4.88. The molecule has 1 saturated heterocycles. The van der Waals surface area contributed by atoms with Gasteiger partial charge in [0.2, 0.25) is 0 Å². The van der Waals surface area contributed by atoms with Gasteiger partial charge in [0.1, 0.15) is 5.82 Å². The summed E-state index contributed by atoms with van der Waals surface area (Å²) in [5.74, 6) is 0.873. The largest absolute Gasteiger partial charge is 0.367 e. The Morgan fingerprint density at radius 1 is 1.17 bits per heavy atom. The van der Waals surface area contributed by atoms with Gasteiger partial charge in [-0.2, -0.15) is 0 Å². The monoisotopic (exact) mass is 248 g/mol. The summed E-state index contributed by atoms with van der Waals surface area (Å²) >= 11 is 0. The topological polar surface area (TPSA) is 6.48 Å². The van der Waals surface area contributed by atoms with Crippen LogP contribution in [0.5, 0.6) is 0 Å². The molecule has 0 aromatic heterocycles. The summed E-state index contributed by atoms with van der Waals surface area (Å²) in [4.78, 5) is 4.71. The van der Waals surface area contributed by atoms with E-state index in [1.165, 1.54) is 19.4 Å². The molecule has 98 valence electrons. The van der Waals surface area contributed by atoms with E-state index >= 15 is 0 Å². The van der Waals surface area contributed by atoms with Crippen LogP contribution in [0.3, 0.4) is 0 Å². The normalized spacial score (nSPS) is 21.3. The van der Waals surface area contributed by atoms with Gasteiger partial charge in [0, 0.05) is 32.7 Å². The van der Waals surface area contributed by atoms with Crippen molar-refractivity contribution >= 4 is 5.69 Å². The highest BCUT2D eigenvalue weighted by molar-refractivity contribution is 5.49. The van der Waals surface area contributed by atoms with Crippen molar-refractivity contribution in [2.24, 2.45) is 5.92 Å². The molecule has 2 aliphatic rings. The summed E-state index contributed by atoms with van der Waals surface area (Å²) in [7, 11) is 0. The van der Waals surface area contributed by atoms with Crippen LogP contribution in [0.2, 0.25) is 0 Å². The highest BCUT2D eigenvalue weighted by Crippen LogP contribution is 2.30. The summed E-state index contributed by atoms with van der Waals surface area (Å²) in [5.41, 5.74) is 1.76. The number of aryl methyl sites for hydroxylation is 1. The summed E-state index contributed by atoms with van der Waals surface area (Å²) < 4.78 is 13.9. The van der Waals surface area contributed by atoms with Crippen molar-refractivity contribution in [2.45, 2.75) is 19.8 Å². The number of rotatable bonds is 3. The van der Waals surface area contributed by atoms with E-state index in [1.807, 2.05) is 19.1 Å². The third-order valence-corrected chi connectivity index (χ3v) is 4.03. The van der Waals surface area contributed by atoms with E-state index in [4.69, 9.17) is 0 Å². The third-order valence-electron chi connectivity index (χ3n) is 4.03. The molecule has 0 spiro atoms. The fourth-order valence-electron chi connectivity index (χ4n) is 2.71. The van der Waals surface area contributed by atoms with Crippen molar-refractivity contribution < 1.29 is 4.39 Å². The van der Waals surface area contributed by atoms with Gasteiger partial charge in [0.05, 0.1) is 5.69 Å². The maximum atomic E-state index is 13.9. The van der Waals surface area contributed by atoms with Gasteiger partial charge in [-0.1, -0.05) is 6.07 Å². The molecule has 0 atom stereocenters. The highest BCUT2D eigenvalue weighted by Gasteiger charge is 2.26. The first-order valence-electron chi connectivity index (χ1n) is 6.96. The SMILES string of the molecule is Cc1ccc(N2CCN(CC3CC3)CC2)c(F)c1. The first-order chi connectivity index (χ1) is 8.72. The van der Waals surface area contributed by atoms with E-state index in [-0.39, 0.29) is 5.82 Å². The molecule has 2 nitrogen and oxygen atoms in total. The first kappa shape index (κ1) is 12.0. The number of piperazine rings is 1. The quantitative estimate of drug-likeness (QED) is 0.811. The van der Waals surface area contributed by atoms with Gasteiger partial charge < -0.3 is 4.90 Å². The Morgan fingerprint density at radius 2 is 1.89 bits per heavy atom. The van der Waals surface area contributed by atoms with Crippen LogP contribution in [0.1, 0.15) is 18.4 Å². The molecule has 0 bridgehead atoms. The molecule has 1 saturated carbocycles. The van der Waals surface area contributed by atoms with Crippen molar-refractivity contribution in [2.75, 3.05) is 37.6 Å². The second-order valence-electron chi connectivity index (χ2n) is 5.69. The molecule has 1 aliphatic heterocycles. The standard InChI is InChI=1S/C15H21FN2/c1-12-2-5-15(14(16)10-12)18-8-6-17(7-9-18)11-13-3-4-13/h2,5,10,13H,3-4,6-9,11H2,1H3. The van der Waals surface area contributed by atoms with Crippen molar-refractivity contribution in [3.8, 4) is 0 Å². The van der Waals surface area contributed by atoms with E-state index in [0.717, 1.165) is 43.3 Å². The number of hydrogen-bond acceptors (Lipinski definition) is 2. The highest BCUT2D eigenvalue weighted by atomic mass is 19.1. The lowest BCUT2D eigenvalue weighted by atomic mass is 10.2. The minimum Gasteiger partial charge on any atom is -0.367 e. The third kappa shape index (κ3) is 2.66. The molecule has 3 rings (SSSR count). The van der Waals surface area contributed by atoms with Gasteiger partial charge in [-0.15, -0.1) is 0 Å². The maximum Gasteiger partial charge on any atom is 0.146 e. The fourth-order valence-corrected chi connectivity index (χ4v) is 2.71. The Labute approximate surface area is 108 Å². The molecule has 0 N–H and O–H groups in total. The van der Waals surface area contributed by atoms with Crippen LogP contribution in [0, 0.1) is 18.7 Å². The molecule has 1 aliphatic carbocycles. The lowest BCUT2D eigenvalue weighted by Gasteiger charge is -2.36. The molecule has 2 fully saturated rings.